The van der Waals surface area contributed by atoms with Crippen molar-refractivity contribution in [2.24, 2.45) is 5.92 Å². The Hall–Kier alpha value is -2.41. The number of aliphatic hydroxyl groups excluding tert-OH is 1. The summed E-state index contributed by atoms with van der Waals surface area (Å²) in [6.45, 7) is 1.01. The number of alkyl carbamates (subject to hydrolysis) is 1. The molecule has 0 aromatic heterocycles. The van der Waals surface area contributed by atoms with Crippen LogP contribution in [0.25, 0.3) is 0 Å². The zero-order valence-corrected chi connectivity index (χ0v) is 13.2. The summed E-state index contributed by atoms with van der Waals surface area (Å²) in [7, 11) is 1.23. The van der Waals surface area contributed by atoms with Crippen LogP contribution in [0, 0.1) is 5.92 Å². The number of aliphatic hydroxyl groups is 1. The van der Waals surface area contributed by atoms with E-state index in [1.165, 1.54) is 14.0 Å². The van der Waals surface area contributed by atoms with E-state index in [4.69, 9.17) is 4.74 Å². The number of ketones is 1. The molecule has 23 heavy (non-hydrogen) atoms. The number of esters is 1. The van der Waals surface area contributed by atoms with Gasteiger partial charge in [-0.1, -0.05) is 37.3 Å². The first-order chi connectivity index (χ1) is 11.0. The number of benzene rings is 1. The fraction of sp³-hybridized carbons (Fsp3) is 0.438. The Morgan fingerprint density at radius 2 is 1.87 bits per heavy atom. The van der Waals surface area contributed by atoms with Crippen molar-refractivity contribution < 1.29 is 29.0 Å². The summed E-state index contributed by atoms with van der Waals surface area (Å²) in [5, 5.41) is 11.5. The topological polar surface area (TPSA) is 102 Å². The van der Waals surface area contributed by atoms with Gasteiger partial charge in [-0.15, -0.1) is 0 Å². The molecule has 1 amide bonds. The zero-order chi connectivity index (χ0) is 17.2. The maximum absolute atomic E-state index is 12.0. The van der Waals surface area contributed by atoms with Crippen LogP contribution < -0.4 is 5.32 Å². The largest absolute Gasteiger partial charge is 0.469 e. The highest BCUT2D eigenvalue weighted by Gasteiger charge is 2.25. The average molecular weight is 323 g/mol. The van der Waals surface area contributed by atoms with Gasteiger partial charge in [-0.25, -0.2) is 4.79 Å². The molecular formula is C16H21NO6. The molecule has 1 aromatic rings. The van der Waals surface area contributed by atoms with E-state index >= 15 is 0 Å². The molecule has 0 saturated carbocycles. The van der Waals surface area contributed by atoms with Crippen LogP contribution in [0.3, 0.4) is 0 Å². The van der Waals surface area contributed by atoms with Gasteiger partial charge in [0.15, 0.2) is 5.78 Å². The van der Waals surface area contributed by atoms with Crippen molar-refractivity contribution in [1.29, 1.82) is 0 Å². The predicted molar refractivity (Wildman–Crippen MR) is 81.4 cm³/mol. The van der Waals surface area contributed by atoms with Crippen LogP contribution in [0.4, 0.5) is 4.79 Å². The molecular weight excluding hydrogens is 302 g/mol. The van der Waals surface area contributed by atoms with Crippen molar-refractivity contribution in [3.8, 4) is 0 Å². The van der Waals surface area contributed by atoms with Crippen molar-refractivity contribution in [1.82, 2.24) is 5.32 Å². The van der Waals surface area contributed by atoms with Crippen LogP contribution >= 0.6 is 0 Å². The van der Waals surface area contributed by atoms with Gasteiger partial charge >= 0.3 is 12.1 Å². The highest BCUT2D eigenvalue weighted by molar-refractivity contribution is 5.90. The van der Waals surface area contributed by atoms with E-state index in [-0.39, 0.29) is 13.0 Å². The van der Waals surface area contributed by atoms with Gasteiger partial charge in [0.25, 0.3) is 0 Å². The summed E-state index contributed by atoms with van der Waals surface area (Å²) in [6.07, 6.45) is -0.955. The van der Waals surface area contributed by atoms with Crippen LogP contribution in [-0.2, 0) is 25.7 Å². The Labute approximate surface area is 134 Å². The van der Waals surface area contributed by atoms with Gasteiger partial charge in [0.2, 0.25) is 0 Å². The first-order valence-electron chi connectivity index (χ1n) is 7.16. The fourth-order valence-corrected chi connectivity index (χ4v) is 1.86. The Balaban J connectivity index is 2.46. The number of methoxy groups -OCH3 is 1. The van der Waals surface area contributed by atoms with E-state index in [1.807, 2.05) is 18.2 Å². The van der Waals surface area contributed by atoms with E-state index in [0.717, 1.165) is 5.56 Å². The molecule has 7 nitrogen and oxygen atoms in total. The molecule has 0 heterocycles. The summed E-state index contributed by atoms with van der Waals surface area (Å²) in [4.78, 5) is 34.9. The van der Waals surface area contributed by atoms with Crippen LogP contribution in [0.1, 0.15) is 18.9 Å². The fourth-order valence-electron chi connectivity index (χ4n) is 1.86. The average Bonchev–Trinajstić information content (AvgIpc) is 2.57. The van der Waals surface area contributed by atoms with Crippen molar-refractivity contribution in [3.05, 3.63) is 35.9 Å². The van der Waals surface area contributed by atoms with Gasteiger partial charge in [0, 0.05) is 6.42 Å². The smallest absolute Gasteiger partial charge is 0.408 e. The number of rotatable bonds is 8. The third-order valence-electron chi connectivity index (χ3n) is 3.19. The van der Waals surface area contributed by atoms with Gasteiger partial charge in [0.1, 0.15) is 12.6 Å². The Morgan fingerprint density at radius 1 is 1.22 bits per heavy atom. The third kappa shape index (κ3) is 6.48. The molecule has 0 aliphatic rings. The molecule has 0 bridgehead atoms. The second-order valence-corrected chi connectivity index (χ2v) is 5.04. The number of carbonyl (C=O) groups is 3. The number of hydrogen-bond donors (Lipinski definition) is 2. The predicted octanol–water partition coefficient (Wildman–Crippen LogP) is 1.04. The molecule has 1 rings (SSSR count). The minimum atomic E-state index is -1.12. The lowest BCUT2D eigenvalue weighted by atomic mass is 10.0. The van der Waals surface area contributed by atoms with E-state index in [2.05, 4.69) is 10.1 Å². The molecule has 126 valence electrons. The Kier molecular flexibility index (Phi) is 7.76. The molecule has 7 heteroatoms. The molecule has 0 fully saturated rings. The normalized spacial score (nSPS) is 12.8. The van der Waals surface area contributed by atoms with E-state index in [0.29, 0.717) is 0 Å². The molecule has 0 aliphatic heterocycles. The maximum Gasteiger partial charge on any atom is 0.408 e. The lowest BCUT2D eigenvalue weighted by Gasteiger charge is -2.17. The number of Topliss-reactive ketones (excluding diaryl/α,β-unsaturated/α-hetero) is 1. The van der Waals surface area contributed by atoms with Crippen molar-refractivity contribution in [3.63, 3.8) is 0 Å². The van der Waals surface area contributed by atoms with E-state index in [1.54, 1.807) is 12.1 Å². The highest BCUT2D eigenvalue weighted by Crippen LogP contribution is 2.07. The molecule has 2 atom stereocenters. The van der Waals surface area contributed by atoms with Crippen molar-refractivity contribution in [2.45, 2.75) is 26.0 Å². The number of ether oxygens (including phenoxy) is 2. The van der Waals surface area contributed by atoms with Gasteiger partial charge in [-0.05, 0) is 5.56 Å². The minimum absolute atomic E-state index is 0.0532. The summed E-state index contributed by atoms with van der Waals surface area (Å²) in [6, 6.07) is 7.92. The van der Waals surface area contributed by atoms with Crippen molar-refractivity contribution in [2.75, 3.05) is 13.7 Å². The van der Waals surface area contributed by atoms with E-state index < -0.39 is 36.4 Å². The monoisotopic (exact) mass is 323 g/mol. The van der Waals surface area contributed by atoms with Gasteiger partial charge < -0.3 is 19.9 Å². The lowest BCUT2D eigenvalue weighted by Crippen LogP contribution is -2.44. The maximum atomic E-state index is 12.0. The number of hydrogen-bond acceptors (Lipinski definition) is 6. The lowest BCUT2D eigenvalue weighted by molar-refractivity contribution is -0.146. The van der Waals surface area contributed by atoms with Crippen LogP contribution in [0.5, 0.6) is 0 Å². The summed E-state index contributed by atoms with van der Waals surface area (Å²) in [5.74, 6) is -1.65. The molecule has 0 unspecified atom stereocenters. The number of carbonyl (C=O) groups excluding carboxylic acids is 3. The first kappa shape index (κ1) is 18.6. The van der Waals surface area contributed by atoms with Gasteiger partial charge in [0.05, 0.1) is 19.6 Å². The summed E-state index contributed by atoms with van der Waals surface area (Å²) >= 11 is 0. The molecule has 0 radical (unpaired) electrons. The molecule has 2 N–H and O–H groups in total. The van der Waals surface area contributed by atoms with Gasteiger partial charge in [-0.2, -0.15) is 0 Å². The minimum Gasteiger partial charge on any atom is -0.469 e. The summed E-state index contributed by atoms with van der Waals surface area (Å²) < 4.78 is 9.51. The zero-order valence-electron chi connectivity index (χ0n) is 13.2. The molecule has 0 saturated heterocycles. The third-order valence-corrected chi connectivity index (χ3v) is 3.19. The Bertz CT molecular complexity index is 531. The first-order valence-corrected chi connectivity index (χ1v) is 7.16. The second-order valence-electron chi connectivity index (χ2n) is 5.04. The van der Waals surface area contributed by atoms with Crippen LogP contribution in [-0.4, -0.2) is 42.7 Å². The SMILES string of the molecule is COC(=O)[C@@H](C)CC(=O)[C@H](CO)NC(=O)OCc1ccccc1. The van der Waals surface area contributed by atoms with Crippen LogP contribution in [0.15, 0.2) is 30.3 Å². The molecule has 0 spiro atoms. The highest BCUT2D eigenvalue weighted by atomic mass is 16.5. The number of nitrogens with one attached hydrogen (secondary N) is 1. The van der Waals surface area contributed by atoms with Crippen molar-refractivity contribution >= 4 is 17.8 Å². The second kappa shape index (κ2) is 9.58. The quantitative estimate of drug-likeness (QED) is 0.693. The van der Waals surface area contributed by atoms with E-state index in [9.17, 15) is 19.5 Å². The van der Waals surface area contributed by atoms with Crippen LogP contribution in [0.2, 0.25) is 0 Å². The summed E-state index contributed by atoms with van der Waals surface area (Å²) in [5.41, 5.74) is 0.800. The van der Waals surface area contributed by atoms with Gasteiger partial charge in [-0.3, -0.25) is 9.59 Å². The molecule has 1 aromatic carbocycles. The standard InChI is InChI=1S/C16H21NO6/c1-11(15(20)22-2)8-14(19)13(9-18)17-16(21)23-10-12-6-4-3-5-7-12/h3-7,11,13,18H,8-10H2,1-2H3,(H,17,21)/t11-,13-/m0/s1. The molecule has 0 aliphatic carbocycles. The number of amides is 1. The Morgan fingerprint density at radius 3 is 2.43 bits per heavy atom.